The summed E-state index contributed by atoms with van der Waals surface area (Å²) >= 11 is 0. The van der Waals surface area contributed by atoms with E-state index in [9.17, 15) is 9.59 Å². The van der Waals surface area contributed by atoms with Crippen molar-refractivity contribution in [3.05, 3.63) is 24.3 Å². The minimum atomic E-state index is -0.0485. The smallest absolute Gasteiger partial charge is 0.226 e. The van der Waals surface area contributed by atoms with Gasteiger partial charge in [0.2, 0.25) is 11.8 Å². The average molecular weight is 289 g/mol. The van der Waals surface area contributed by atoms with Crippen LogP contribution >= 0.6 is 0 Å². The zero-order chi connectivity index (χ0) is 15.4. The van der Waals surface area contributed by atoms with E-state index in [1.54, 1.807) is 6.92 Å². The molecule has 2 rings (SSSR count). The number of hydrogen-bond donors (Lipinski definition) is 1. The van der Waals surface area contributed by atoms with E-state index < -0.39 is 0 Å². The van der Waals surface area contributed by atoms with Crippen LogP contribution in [0.1, 0.15) is 20.8 Å². The molecule has 0 saturated carbocycles. The van der Waals surface area contributed by atoms with Crippen molar-refractivity contribution in [1.82, 2.24) is 4.90 Å². The van der Waals surface area contributed by atoms with E-state index in [0.29, 0.717) is 0 Å². The summed E-state index contributed by atoms with van der Waals surface area (Å²) in [5.74, 6) is 0.0912. The number of amides is 2. The SMILES string of the molecule is CC(=O)N1CCN(c2ccccc2NC(=O)C(C)C)CC1. The molecule has 1 aliphatic heterocycles. The lowest BCUT2D eigenvalue weighted by molar-refractivity contribution is -0.129. The molecule has 5 heteroatoms. The molecule has 0 spiro atoms. The second-order valence-electron chi connectivity index (χ2n) is 5.65. The lowest BCUT2D eigenvalue weighted by atomic mass is 10.1. The predicted molar refractivity (Wildman–Crippen MR) is 84.4 cm³/mol. The summed E-state index contributed by atoms with van der Waals surface area (Å²) in [6.07, 6.45) is 0. The molecule has 0 bridgehead atoms. The maximum absolute atomic E-state index is 11.9. The minimum Gasteiger partial charge on any atom is -0.366 e. The lowest BCUT2D eigenvalue weighted by Gasteiger charge is -2.36. The summed E-state index contributed by atoms with van der Waals surface area (Å²) in [6, 6.07) is 7.83. The van der Waals surface area contributed by atoms with Crippen molar-refractivity contribution in [3.8, 4) is 0 Å². The van der Waals surface area contributed by atoms with Gasteiger partial charge in [-0.15, -0.1) is 0 Å². The van der Waals surface area contributed by atoms with E-state index in [1.165, 1.54) is 0 Å². The summed E-state index contributed by atoms with van der Waals surface area (Å²) in [6.45, 7) is 8.38. The Balaban J connectivity index is 2.10. The number of hydrogen-bond acceptors (Lipinski definition) is 3. The fourth-order valence-electron chi connectivity index (χ4n) is 2.39. The van der Waals surface area contributed by atoms with Gasteiger partial charge < -0.3 is 15.1 Å². The highest BCUT2D eigenvalue weighted by atomic mass is 16.2. The molecule has 0 radical (unpaired) electrons. The molecule has 1 saturated heterocycles. The number of para-hydroxylation sites is 2. The first-order valence-corrected chi connectivity index (χ1v) is 7.39. The van der Waals surface area contributed by atoms with E-state index in [1.807, 2.05) is 43.0 Å². The largest absolute Gasteiger partial charge is 0.366 e. The van der Waals surface area contributed by atoms with Crippen molar-refractivity contribution in [2.45, 2.75) is 20.8 Å². The van der Waals surface area contributed by atoms with Gasteiger partial charge in [-0.1, -0.05) is 26.0 Å². The first-order valence-electron chi connectivity index (χ1n) is 7.39. The Morgan fingerprint density at radius 1 is 1.10 bits per heavy atom. The summed E-state index contributed by atoms with van der Waals surface area (Å²) in [5, 5.41) is 2.98. The molecule has 2 amide bonds. The lowest BCUT2D eigenvalue weighted by Crippen LogP contribution is -2.48. The van der Waals surface area contributed by atoms with Crippen LogP contribution in [0.5, 0.6) is 0 Å². The monoisotopic (exact) mass is 289 g/mol. The molecule has 5 nitrogen and oxygen atoms in total. The number of nitrogens with one attached hydrogen (secondary N) is 1. The maximum atomic E-state index is 11.9. The van der Waals surface area contributed by atoms with Crippen LogP contribution in [-0.4, -0.2) is 42.9 Å². The van der Waals surface area contributed by atoms with Crippen molar-refractivity contribution in [1.29, 1.82) is 0 Å². The van der Waals surface area contributed by atoms with Gasteiger partial charge in [-0.2, -0.15) is 0 Å². The van der Waals surface area contributed by atoms with Crippen LogP contribution in [0.15, 0.2) is 24.3 Å². The normalized spacial score (nSPS) is 15.2. The highest BCUT2D eigenvalue weighted by Gasteiger charge is 2.21. The molecule has 1 heterocycles. The third kappa shape index (κ3) is 3.74. The molecule has 1 aliphatic rings. The first-order chi connectivity index (χ1) is 9.99. The van der Waals surface area contributed by atoms with Gasteiger partial charge in [-0.3, -0.25) is 9.59 Å². The summed E-state index contributed by atoms with van der Waals surface area (Å²) in [4.78, 5) is 27.4. The Kier molecular flexibility index (Phi) is 4.83. The average Bonchev–Trinajstić information content (AvgIpc) is 2.47. The fraction of sp³-hybridized carbons (Fsp3) is 0.500. The van der Waals surface area contributed by atoms with Gasteiger partial charge in [0.15, 0.2) is 0 Å². The van der Waals surface area contributed by atoms with Crippen molar-refractivity contribution >= 4 is 23.2 Å². The van der Waals surface area contributed by atoms with Gasteiger partial charge in [0.25, 0.3) is 0 Å². The molecule has 0 unspecified atom stereocenters. The number of carbonyl (C=O) groups excluding carboxylic acids is 2. The number of nitrogens with zero attached hydrogens (tertiary/aromatic N) is 2. The first kappa shape index (κ1) is 15.4. The molecular formula is C16H23N3O2. The number of benzene rings is 1. The zero-order valence-corrected chi connectivity index (χ0v) is 12.9. The molecule has 0 aromatic heterocycles. The quantitative estimate of drug-likeness (QED) is 0.925. The van der Waals surface area contributed by atoms with Crippen LogP contribution in [0, 0.1) is 5.92 Å². The molecule has 1 aromatic rings. The van der Waals surface area contributed by atoms with Crippen molar-refractivity contribution in [3.63, 3.8) is 0 Å². The van der Waals surface area contributed by atoms with E-state index in [2.05, 4.69) is 10.2 Å². The number of rotatable bonds is 3. The molecule has 0 atom stereocenters. The summed E-state index contributed by atoms with van der Waals surface area (Å²) in [7, 11) is 0. The Hall–Kier alpha value is -2.04. The zero-order valence-electron chi connectivity index (χ0n) is 12.9. The van der Waals surface area contributed by atoms with Gasteiger partial charge in [0.1, 0.15) is 0 Å². The van der Waals surface area contributed by atoms with E-state index >= 15 is 0 Å². The molecular weight excluding hydrogens is 266 g/mol. The van der Waals surface area contributed by atoms with Crippen molar-refractivity contribution in [2.75, 3.05) is 36.4 Å². The van der Waals surface area contributed by atoms with Gasteiger partial charge in [-0.25, -0.2) is 0 Å². The highest BCUT2D eigenvalue weighted by molar-refractivity contribution is 5.95. The van der Waals surface area contributed by atoms with Crippen LogP contribution in [0.2, 0.25) is 0 Å². The standard InChI is InChI=1S/C16H23N3O2/c1-12(2)16(21)17-14-6-4-5-7-15(14)19-10-8-18(9-11-19)13(3)20/h4-7,12H,8-11H2,1-3H3,(H,17,21). The predicted octanol–water partition coefficient (Wildman–Crippen LogP) is 1.95. The second kappa shape index (κ2) is 6.61. The summed E-state index contributed by atoms with van der Waals surface area (Å²) in [5.41, 5.74) is 1.86. The third-order valence-corrected chi connectivity index (χ3v) is 3.75. The van der Waals surface area contributed by atoms with E-state index in [0.717, 1.165) is 37.6 Å². The maximum Gasteiger partial charge on any atom is 0.226 e. The van der Waals surface area contributed by atoms with Crippen LogP contribution in [0.4, 0.5) is 11.4 Å². The van der Waals surface area contributed by atoms with Crippen LogP contribution in [0.3, 0.4) is 0 Å². The molecule has 0 aliphatic carbocycles. The Morgan fingerprint density at radius 3 is 2.29 bits per heavy atom. The van der Waals surface area contributed by atoms with Gasteiger partial charge in [0.05, 0.1) is 11.4 Å². The molecule has 1 N–H and O–H groups in total. The van der Waals surface area contributed by atoms with Gasteiger partial charge in [-0.05, 0) is 12.1 Å². The second-order valence-corrected chi connectivity index (χ2v) is 5.65. The topological polar surface area (TPSA) is 52.7 Å². The number of anilines is 2. The third-order valence-electron chi connectivity index (χ3n) is 3.75. The fourth-order valence-corrected chi connectivity index (χ4v) is 2.39. The molecule has 114 valence electrons. The van der Waals surface area contributed by atoms with E-state index in [-0.39, 0.29) is 17.7 Å². The molecule has 1 fully saturated rings. The van der Waals surface area contributed by atoms with E-state index in [4.69, 9.17) is 0 Å². The van der Waals surface area contributed by atoms with Crippen molar-refractivity contribution < 1.29 is 9.59 Å². The molecule has 21 heavy (non-hydrogen) atoms. The Bertz CT molecular complexity index is 520. The van der Waals surface area contributed by atoms with Crippen molar-refractivity contribution in [2.24, 2.45) is 5.92 Å². The Labute approximate surface area is 125 Å². The van der Waals surface area contributed by atoms with Crippen LogP contribution in [0.25, 0.3) is 0 Å². The number of carbonyl (C=O) groups is 2. The highest BCUT2D eigenvalue weighted by Crippen LogP contribution is 2.27. The van der Waals surface area contributed by atoms with Gasteiger partial charge >= 0.3 is 0 Å². The molecule has 1 aromatic carbocycles. The van der Waals surface area contributed by atoms with Crippen LogP contribution in [-0.2, 0) is 9.59 Å². The van der Waals surface area contributed by atoms with Crippen LogP contribution < -0.4 is 10.2 Å². The number of piperazine rings is 1. The minimum absolute atomic E-state index is 0.0184. The van der Waals surface area contributed by atoms with Gasteiger partial charge in [0, 0.05) is 39.0 Å². The summed E-state index contributed by atoms with van der Waals surface area (Å²) < 4.78 is 0. The Morgan fingerprint density at radius 2 is 1.71 bits per heavy atom.